The largest absolute Gasteiger partial charge is 0.491 e. The minimum atomic E-state index is -4.81. The molecule has 1 rings (SSSR count). The van der Waals surface area contributed by atoms with Crippen LogP contribution in [0.2, 0.25) is 0 Å². The highest BCUT2D eigenvalue weighted by Crippen LogP contribution is 2.28. The second kappa shape index (κ2) is 5.07. The molecule has 1 aromatic rings. The number of carbonyl (C=O) groups is 2. The maximum Gasteiger partial charge on any atom is 0.491 e. The lowest BCUT2D eigenvalue weighted by atomic mass is 10.2. The van der Waals surface area contributed by atoms with Crippen molar-refractivity contribution in [2.75, 3.05) is 12.0 Å². The van der Waals surface area contributed by atoms with Crippen molar-refractivity contribution in [3.8, 4) is 0 Å². The summed E-state index contributed by atoms with van der Waals surface area (Å²) in [5.74, 6) is -1.82. The van der Waals surface area contributed by atoms with Crippen molar-refractivity contribution in [3.05, 3.63) is 29.8 Å². The highest BCUT2D eigenvalue weighted by atomic mass is 19.4. The van der Waals surface area contributed by atoms with Crippen LogP contribution in [-0.4, -0.2) is 25.3 Å². The number of hydrogen-bond acceptors (Lipinski definition) is 3. The van der Waals surface area contributed by atoms with Crippen LogP contribution in [-0.2, 0) is 9.53 Å². The molecule has 0 spiro atoms. The van der Waals surface area contributed by atoms with E-state index >= 15 is 0 Å². The summed E-state index contributed by atoms with van der Waals surface area (Å²) in [7, 11) is 1.16. The fourth-order valence-corrected chi connectivity index (χ4v) is 1.37. The summed E-state index contributed by atoms with van der Waals surface area (Å²) in [5.41, 5.74) is -0.255. The van der Waals surface area contributed by atoms with E-state index < -0.39 is 18.2 Å². The van der Waals surface area contributed by atoms with E-state index in [-0.39, 0.29) is 16.2 Å². The molecule has 0 fully saturated rings. The standard InChI is InChI=1S/C11H10F3NO3/c1-7(16)15(11(12,13)14)9-5-3-8(4-6-9)10(17)18-2/h3-6H,1-2H3. The van der Waals surface area contributed by atoms with Crippen LogP contribution in [0.15, 0.2) is 24.3 Å². The molecule has 0 N–H and O–H groups in total. The van der Waals surface area contributed by atoms with E-state index in [0.29, 0.717) is 0 Å². The molecule has 18 heavy (non-hydrogen) atoms. The Balaban J connectivity index is 3.09. The van der Waals surface area contributed by atoms with Crippen LogP contribution in [0.25, 0.3) is 0 Å². The molecule has 0 aliphatic rings. The van der Waals surface area contributed by atoms with Crippen LogP contribution < -0.4 is 4.90 Å². The first-order valence-corrected chi connectivity index (χ1v) is 4.83. The highest BCUT2D eigenvalue weighted by Gasteiger charge is 2.40. The van der Waals surface area contributed by atoms with Crippen molar-refractivity contribution in [3.63, 3.8) is 0 Å². The van der Waals surface area contributed by atoms with Gasteiger partial charge in [-0.05, 0) is 24.3 Å². The molecular weight excluding hydrogens is 251 g/mol. The summed E-state index contributed by atoms with van der Waals surface area (Å²) in [6.07, 6.45) is -4.81. The van der Waals surface area contributed by atoms with E-state index in [0.717, 1.165) is 38.3 Å². The molecule has 0 saturated heterocycles. The van der Waals surface area contributed by atoms with Gasteiger partial charge in [-0.1, -0.05) is 0 Å². The van der Waals surface area contributed by atoms with Gasteiger partial charge in [0.25, 0.3) is 0 Å². The van der Waals surface area contributed by atoms with Crippen LogP contribution in [0, 0.1) is 0 Å². The number of nitrogens with zero attached hydrogens (tertiary/aromatic N) is 1. The molecule has 0 bridgehead atoms. The Morgan fingerprint density at radius 3 is 2.00 bits per heavy atom. The van der Waals surface area contributed by atoms with Crippen LogP contribution in [0.4, 0.5) is 18.9 Å². The molecule has 4 nitrogen and oxygen atoms in total. The van der Waals surface area contributed by atoms with Gasteiger partial charge in [0.1, 0.15) is 0 Å². The topological polar surface area (TPSA) is 46.6 Å². The van der Waals surface area contributed by atoms with Gasteiger partial charge in [0.2, 0.25) is 5.91 Å². The molecule has 0 radical (unpaired) electrons. The fourth-order valence-electron chi connectivity index (χ4n) is 1.37. The Hall–Kier alpha value is -2.05. The molecule has 0 aliphatic heterocycles. The number of anilines is 1. The number of halogens is 3. The lowest BCUT2D eigenvalue weighted by molar-refractivity contribution is -0.148. The van der Waals surface area contributed by atoms with Crippen molar-refractivity contribution < 1.29 is 27.5 Å². The van der Waals surface area contributed by atoms with E-state index in [1.807, 2.05) is 0 Å². The van der Waals surface area contributed by atoms with Crippen molar-refractivity contribution in [2.24, 2.45) is 0 Å². The van der Waals surface area contributed by atoms with Gasteiger partial charge in [-0.2, -0.15) is 0 Å². The molecule has 7 heteroatoms. The molecule has 98 valence electrons. The summed E-state index contributed by atoms with van der Waals surface area (Å²) >= 11 is 0. The molecule has 0 atom stereocenters. The average molecular weight is 261 g/mol. The summed E-state index contributed by atoms with van der Waals surface area (Å²) < 4.78 is 42.2. The van der Waals surface area contributed by atoms with Crippen LogP contribution in [0.3, 0.4) is 0 Å². The first-order valence-electron chi connectivity index (χ1n) is 4.83. The summed E-state index contributed by atoms with van der Waals surface area (Å²) in [4.78, 5) is 21.8. The lowest BCUT2D eigenvalue weighted by Gasteiger charge is -2.23. The van der Waals surface area contributed by atoms with E-state index in [9.17, 15) is 22.8 Å². The zero-order valence-electron chi connectivity index (χ0n) is 9.62. The summed E-state index contributed by atoms with van der Waals surface area (Å²) in [5, 5.41) is 0. The van der Waals surface area contributed by atoms with E-state index in [1.54, 1.807) is 0 Å². The molecule has 0 unspecified atom stereocenters. The Morgan fingerprint density at radius 1 is 1.17 bits per heavy atom. The fraction of sp³-hybridized carbons (Fsp3) is 0.273. The normalized spacial score (nSPS) is 10.9. The van der Waals surface area contributed by atoms with E-state index in [2.05, 4.69) is 4.74 Å². The second-order valence-corrected chi connectivity index (χ2v) is 3.36. The van der Waals surface area contributed by atoms with Gasteiger partial charge in [0.15, 0.2) is 0 Å². The van der Waals surface area contributed by atoms with Gasteiger partial charge >= 0.3 is 12.3 Å². The van der Waals surface area contributed by atoms with E-state index in [4.69, 9.17) is 0 Å². The van der Waals surface area contributed by atoms with Crippen molar-refractivity contribution in [1.29, 1.82) is 0 Å². The molecule has 0 heterocycles. The maximum atomic E-state index is 12.6. The molecular formula is C11H10F3NO3. The lowest BCUT2D eigenvalue weighted by Crippen LogP contribution is -2.41. The molecule has 1 aromatic carbocycles. The molecule has 0 aromatic heterocycles. The number of alkyl halides is 3. The van der Waals surface area contributed by atoms with Gasteiger partial charge in [-0.15, -0.1) is 13.2 Å². The predicted molar refractivity (Wildman–Crippen MR) is 57.0 cm³/mol. The number of rotatable bonds is 2. The third-order valence-electron chi connectivity index (χ3n) is 2.12. The Kier molecular flexibility index (Phi) is 3.95. The zero-order valence-corrected chi connectivity index (χ0v) is 9.62. The summed E-state index contributed by atoms with van der Waals surface area (Å²) in [6, 6.07) is 4.37. The SMILES string of the molecule is COC(=O)c1ccc(N(C(C)=O)C(F)(F)F)cc1. The van der Waals surface area contributed by atoms with Gasteiger partial charge < -0.3 is 4.74 Å². The third kappa shape index (κ3) is 2.99. The van der Waals surface area contributed by atoms with Crippen molar-refractivity contribution in [1.82, 2.24) is 0 Å². The first kappa shape index (κ1) is 14.0. The monoisotopic (exact) mass is 261 g/mol. The highest BCUT2D eigenvalue weighted by molar-refractivity contribution is 5.94. The first-order chi connectivity index (χ1) is 8.27. The Labute approximate surface area is 101 Å². The second-order valence-electron chi connectivity index (χ2n) is 3.36. The van der Waals surface area contributed by atoms with Gasteiger partial charge in [-0.3, -0.25) is 4.79 Å². The number of amides is 1. The molecule has 1 amide bonds. The summed E-state index contributed by atoms with van der Waals surface area (Å²) in [6.45, 7) is 0.807. The number of hydrogen-bond donors (Lipinski definition) is 0. The number of methoxy groups -OCH3 is 1. The third-order valence-corrected chi connectivity index (χ3v) is 2.12. The van der Waals surface area contributed by atoms with E-state index in [1.165, 1.54) is 0 Å². The zero-order chi connectivity index (χ0) is 13.9. The predicted octanol–water partition coefficient (Wildman–Crippen LogP) is 2.35. The van der Waals surface area contributed by atoms with Crippen LogP contribution >= 0.6 is 0 Å². The molecule has 0 saturated carbocycles. The van der Waals surface area contributed by atoms with Crippen molar-refractivity contribution in [2.45, 2.75) is 13.2 Å². The quantitative estimate of drug-likeness (QED) is 0.606. The van der Waals surface area contributed by atoms with Gasteiger partial charge in [-0.25, -0.2) is 9.69 Å². The van der Waals surface area contributed by atoms with Crippen molar-refractivity contribution >= 4 is 17.6 Å². The Bertz CT molecular complexity index is 454. The number of esters is 1. The van der Waals surface area contributed by atoms with Gasteiger partial charge in [0.05, 0.1) is 18.4 Å². The smallest absolute Gasteiger partial charge is 0.465 e. The molecule has 0 aliphatic carbocycles. The minimum Gasteiger partial charge on any atom is -0.465 e. The number of ether oxygens (including phenoxy) is 1. The average Bonchev–Trinajstić information content (AvgIpc) is 2.26. The number of carbonyl (C=O) groups excluding carboxylic acids is 2. The van der Waals surface area contributed by atoms with Gasteiger partial charge in [0, 0.05) is 6.92 Å². The maximum absolute atomic E-state index is 12.6. The van der Waals surface area contributed by atoms with Crippen LogP contribution in [0.5, 0.6) is 0 Å². The Morgan fingerprint density at radius 2 is 1.67 bits per heavy atom. The van der Waals surface area contributed by atoms with Crippen LogP contribution in [0.1, 0.15) is 17.3 Å². The minimum absolute atomic E-state index is 0.104. The number of benzene rings is 1.